The van der Waals surface area contributed by atoms with Gasteiger partial charge in [0.15, 0.2) is 0 Å². The Bertz CT molecular complexity index is 276. The predicted octanol–water partition coefficient (Wildman–Crippen LogP) is -0.117. The molecule has 2 amide bonds. The second-order valence-corrected chi connectivity index (χ2v) is 4.71. The molecule has 0 aromatic carbocycles. The fourth-order valence-electron chi connectivity index (χ4n) is 1.50. The normalized spacial score (nSPS) is 21.4. The van der Waals surface area contributed by atoms with Crippen molar-refractivity contribution in [1.82, 2.24) is 10.2 Å². The smallest absolute Gasteiger partial charge is 0.239 e. The van der Waals surface area contributed by atoms with Crippen LogP contribution in [0.1, 0.15) is 26.7 Å². The lowest BCUT2D eigenvalue weighted by Gasteiger charge is -2.32. The van der Waals surface area contributed by atoms with Crippen LogP contribution in [0.25, 0.3) is 0 Å². The van der Waals surface area contributed by atoms with Crippen molar-refractivity contribution >= 4 is 24.2 Å². The summed E-state index contributed by atoms with van der Waals surface area (Å²) in [6, 6.07) is 0.0306. The number of likely N-dealkylation sites (N-methyl/N-ethyl adjacent to an activating group) is 1. The van der Waals surface area contributed by atoms with Gasteiger partial charge in [0.1, 0.15) is 0 Å². The van der Waals surface area contributed by atoms with E-state index in [1.165, 1.54) is 0 Å². The van der Waals surface area contributed by atoms with Crippen molar-refractivity contribution in [2.75, 3.05) is 13.6 Å². The van der Waals surface area contributed by atoms with E-state index in [0.717, 1.165) is 0 Å². The van der Waals surface area contributed by atoms with Crippen LogP contribution in [-0.2, 0) is 9.59 Å². The third kappa shape index (κ3) is 3.98. The molecule has 1 aliphatic rings. The lowest BCUT2D eigenvalue weighted by molar-refractivity contribution is -0.134. The Morgan fingerprint density at radius 2 is 2.12 bits per heavy atom. The van der Waals surface area contributed by atoms with Crippen molar-refractivity contribution in [2.45, 2.75) is 38.3 Å². The number of hydrogen-bond acceptors (Lipinski definition) is 3. The molecule has 0 saturated carbocycles. The summed E-state index contributed by atoms with van der Waals surface area (Å²) in [4.78, 5) is 24.4. The first-order valence-electron chi connectivity index (χ1n) is 5.14. The van der Waals surface area contributed by atoms with Crippen LogP contribution in [0.2, 0.25) is 0 Å². The molecule has 0 bridgehead atoms. The van der Waals surface area contributed by atoms with Crippen LogP contribution >= 0.6 is 12.4 Å². The third-order valence-electron chi connectivity index (χ3n) is 2.55. The third-order valence-corrected chi connectivity index (χ3v) is 2.55. The van der Waals surface area contributed by atoms with Gasteiger partial charge in [-0.25, -0.2) is 0 Å². The standard InChI is InChI=1S/C10H19N3O2.ClH/c1-10(2,11)9(15)12-7-4-5-8(14)13(3)6-7;/h7H,4-6,11H2,1-3H3,(H,12,15);1H. The molecule has 6 heteroatoms. The van der Waals surface area contributed by atoms with Crippen molar-refractivity contribution in [1.29, 1.82) is 0 Å². The van der Waals surface area contributed by atoms with Crippen LogP contribution in [0.5, 0.6) is 0 Å². The zero-order valence-corrected chi connectivity index (χ0v) is 10.8. The number of nitrogens with zero attached hydrogens (tertiary/aromatic N) is 1. The zero-order valence-electron chi connectivity index (χ0n) is 9.95. The number of amides is 2. The Kier molecular flexibility index (Phi) is 5.22. The van der Waals surface area contributed by atoms with Crippen molar-refractivity contribution < 1.29 is 9.59 Å². The van der Waals surface area contributed by atoms with Crippen LogP contribution in [0.4, 0.5) is 0 Å². The minimum atomic E-state index is -0.861. The maximum Gasteiger partial charge on any atom is 0.239 e. The van der Waals surface area contributed by atoms with E-state index in [9.17, 15) is 9.59 Å². The van der Waals surface area contributed by atoms with Gasteiger partial charge in [0, 0.05) is 26.1 Å². The maximum absolute atomic E-state index is 11.6. The molecule has 1 unspecified atom stereocenters. The number of carbonyl (C=O) groups excluding carboxylic acids is 2. The molecule has 1 rings (SSSR count). The fourth-order valence-corrected chi connectivity index (χ4v) is 1.50. The molecule has 3 N–H and O–H groups in total. The number of nitrogens with two attached hydrogens (primary N) is 1. The maximum atomic E-state index is 11.6. The number of halogens is 1. The van der Waals surface area contributed by atoms with E-state index >= 15 is 0 Å². The van der Waals surface area contributed by atoms with E-state index in [1.807, 2.05) is 0 Å². The highest BCUT2D eigenvalue weighted by atomic mass is 35.5. The van der Waals surface area contributed by atoms with E-state index < -0.39 is 5.54 Å². The Hall–Kier alpha value is -0.810. The van der Waals surface area contributed by atoms with E-state index in [0.29, 0.717) is 19.4 Å². The van der Waals surface area contributed by atoms with Gasteiger partial charge in [-0.05, 0) is 20.3 Å². The zero-order chi connectivity index (χ0) is 11.6. The van der Waals surface area contributed by atoms with Gasteiger partial charge in [0.25, 0.3) is 0 Å². The number of carbonyl (C=O) groups is 2. The Morgan fingerprint density at radius 3 is 2.56 bits per heavy atom. The minimum Gasteiger partial charge on any atom is -0.350 e. The van der Waals surface area contributed by atoms with E-state index in [-0.39, 0.29) is 30.3 Å². The number of hydrogen-bond donors (Lipinski definition) is 2. The molecule has 5 nitrogen and oxygen atoms in total. The molecule has 94 valence electrons. The molecule has 0 radical (unpaired) electrons. The molecule has 1 aliphatic heterocycles. The van der Waals surface area contributed by atoms with Crippen molar-refractivity contribution in [3.63, 3.8) is 0 Å². The Labute approximate surface area is 102 Å². The van der Waals surface area contributed by atoms with E-state index in [2.05, 4.69) is 5.32 Å². The molecule has 0 aromatic heterocycles. The largest absolute Gasteiger partial charge is 0.350 e. The molecule has 1 atom stereocenters. The highest BCUT2D eigenvalue weighted by Gasteiger charge is 2.28. The number of piperidine rings is 1. The molecule has 0 spiro atoms. The van der Waals surface area contributed by atoms with Gasteiger partial charge in [-0.2, -0.15) is 0 Å². The second kappa shape index (κ2) is 5.50. The summed E-state index contributed by atoms with van der Waals surface area (Å²) in [5.74, 6) is -0.0391. The highest BCUT2D eigenvalue weighted by Crippen LogP contribution is 2.10. The van der Waals surface area contributed by atoms with Gasteiger partial charge in [-0.1, -0.05) is 0 Å². The summed E-state index contributed by atoms with van der Waals surface area (Å²) in [6.07, 6.45) is 1.19. The van der Waals surface area contributed by atoms with E-state index in [1.54, 1.807) is 25.8 Å². The summed E-state index contributed by atoms with van der Waals surface area (Å²) in [7, 11) is 1.74. The minimum absolute atomic E-state index is 0. The quantitative estimate of drug-likeness (QED) is 0.717. The van der Waals surface area contributed by atoms with Crippen LogP contribution in [-0.4, -0.2) is 41.9 Å². The first-order chi connectivity index (χ1) is 6.80. The molecule has 0 aliphatic carbocycles. The Balaban J connectivity index is 0.00000225. The van der Waals surface area contributed by atoms with Gasteiger partial charge >= 0.3 is 0 Å². The van der Waals surface area contributed by atoms with Crippen LogP contribution in [0.3, 0.4) is 0 Å². The summed E-state index contributed by atoms with van der Waals surface area (Å²) in [5, 5.41) is 2.85. The van der Waals surface area contributed by atoms with Gasteiger partial charge in [-0.3, -0.25) is 9.59 Å². The van der Waals surface area contributed by atoms with E-state index in [4.69, 9.17) is 5.73 Å². The number of likely N-dealkylation sites (tertiary alicyclic amines) is 1. The summed E-state index contributed by atoms with van der Waals surface area (Å²) >= 11 is 0. The van der Waals surface area contributed by atoms with Crippen molar-refractivity contribution in [2.24, 2.45) is 5.73 Å². The SMILES string of the molecule is CN1CC(NC(=O)C(C)(C)N)CCC1=O.Cl. The summed E-state index contributed by atoms with van der Waals surface area (Å²) in [5.41, 5.74) is 4.80. The molecule has 1 saturated heterocycles. The number of nitrogens with one attached hydrogen (secondary N) is 1. The van der Waals surface area contributed by atoms with Crippen LogP contribution < -0.4 is 11.1 Å². The second-order valence-electron chi connectivity index (χ2n) is 4.71. The first kappa shape index (κ1) is 15.2. The predicted molar refractivity (Wildman–Crippen MR) is 64.3 cm³/mol. The molecular weight excluding hydrogens is 230 g/mol. The summed E-state index contributed by atoms with van der Waals surface area (Å²) in [6.45, 7) is 3.90. The molecule has 0 aromatic rings. The van der Waals surface area contributed by atoms with Crippen LogP contribution in [0, 0.1) is 0 Å². The average Bonchev–Trinajstić information content (AvgIpc) is 2.10. The lowest BCUT2D eigenvalue weighted by Crippen LogP contribution is -2.56. The van der Waals surface area contributed by atoms with Gasteiger partial charge < -0.3 is 16.0 Å². The average molecular weight is 250 g/mol. The van der Waals surface area contributed by atoms with Gasteiger partial charge in [0.05, 0.1) is 5.54 Å². The first-order valence-corrected chi connectivity index (χ1v) is 5.14. The van der Waals surface area contributed by atoms with Crippen molar-refractivity contribution in [3.05, 3.63) is 0 Å². The molecule has 1 fully saturated rings. The van der Waals surface area contributed by atoms with Crippen molar-refractivity contribution in [3.8, 4) is 0 Å². The topological polar surface area (TPSA) is 75.4 Å². The highest BCUT2D eigenvalue weighted by molar-refractivity contribution is 5.86. The lowest BCUT2D eigenvalue weighted by atomic mass is 10.0. The van der Waals surface area contributed by atoms with Gasteiger partial charge in [-0.15, -0.1) is 12.4 Å². The molecular formula is C10H20ClN3O2. The van der Waals surface area contributed by atoms with Gasteiger partial charge in [0.2, 0.25) is 11.8 Å². The number of rotatable bonds is 2. The fraction of sp³-hybridized carbons (Fsp3) is 0.800. The monoisotopic (exact) mass is 249 g/mol. The molecule has 16 heavy (non-hydrogen) atoms. The van der Waals surface area contributed by atoms with Crippen LogP contribution in [0.15, 0.2) is 0 Å². The Morgan fingerprint density at radius 1 is 1.56 bits per heavy atom. The summed E-state index contributed by atoms with van der Waals surface area (Å²) < 4.78 is 0. The molecule has 1 heterocycles.